The second-order valence-corrected chi connectivity index (χ2v) is 5.85. The maximum Gasteiger partial charge on any atom is 0.00585 e. The fourth-order valence-corrected chi connectivity index (χ4v) is 1.70. The summed E-state index contributed by atoms with van der Waals surface area (Å²) in [5.74, 6) is 1.17. The molecule has 0 radical (unpaired) electrons. The molecule has 0 aliphatic carbocycles. The summed E-state index contributed by atoms with van der Waals surface area (Å²) in [6.45, 7) is 10.3. The van der Waals surface area contributed by atoms with Crippen LogP contribution in [-0.4, -0.2) is 12.3 Å². The highest BCUT2D eigenvalue weighted by Gasteiger charge is 2.08. The number of hydrogen-bond donors (Lipinski definition) is 1. The van der Waals surface area contributed by atoms with Gasteiger partial charge in [-0.3, -0.25) is 4.72 Å². The lowest BCUT2D eigenvalue weighted by molar-refractivity contribution is 0.358. The molecule has 0 amide bonds. The predicted molar refractivity (Wildman–Crippen MR) is 64.1 cm³/mol. The molecule has 13 heavy (non-hydrogen) atoms. The zero-order chi connectivity index (χ0) is 10.2. The summed E-state index contributed by atoms with van der Waals surface area (Å²) < 4.78 is 3.35. The number of rotatable bonds is 7. The zero-order valence-corrected chi connectivity index (χ0v) is 10.5. The maximum atomic E-state index is 3.35. The second kappa shape index (κ2) is 7.69. The molecule has 0 aromatic heterocycles. The second-order valence-electron chi connectivity index (χ2n) is 4.70. The van der Waals surface area contributed by atoms with Gasteiger partial charge in [-0.25, -0.2) is 0 Å². The van der Waals surface area contributed by atoms with Gasteiger partial charge in [-0.1, -0.05) is 52.5 Å². The van der Waals surface area contributed by atoms with Crippen LogP contribution in [0.5, 0.6) is 0 Å². The first-order valence-corrected chi connectivity index (χ1v) is 6.39. The standard InChI is InChI=1S/C11H25NS/c1-5-13-12-10-8-6-7-9-11(2,3)4/h12H,5-10H2,1-4H3. The third kappa shape index (κ3) is 12.3. The van der Waals surface area contributed by atoms with Crippen molar-refractivity contribution in [2.24, 2.45) is 5.41 Å². The van der Waals surface area contributed by atoms with Crippen LogP contribution in [0.3, 0.4) is 0 Å². The molecule has 0 fully saturated rings. The van der Waals surface area contributed by atoms with Crippen molar-refractivity contribution in [1.29, 1.82) is 0 Å². The van der Waals surface area contributed by atoms with Gasteiger partial charge < -0.3 is 0 Å². The Morgan fingerprint density at radius 3 is 2.31 bits per heavy atom. The molecule has 0 saturated heterocycles. The maximum absolute atomic E-state index is 3.35. The van der Waals surface area contributed by atoms with Gasteiger partial charge in [-0.05, 0) is 18.3 Å². The van der Waals surface area contributed by atoms with Gasteiger partial charge in [-0.15, -0.1) is 0 Å². The molecule has 0 heterocycles. The molecule has 0 unspecified atom stereocenters. The third-order valence-corrected chi connectivity index (χ3v) is 2.65. The summed E-state index contributed by atoms with van der Waals surface area (Å²) in [7, 11) is 0. The first-order chi connectivity index (χ1) is 6.06. The fourth-order valence-electron chi connectivity index (χ4n) is 1.20. The summed E-state index contributed by atoms with van der Waals surface area (Å²) in [5, 5.41) is 0. The Morgan fingerprint density at radius 2 is 1.77 bits per heavy atom. The van der Waals surface area contributed by atoms with E-state index in [0.717, 1.165) is 0 Å². The molecule has 0 saturated carbocycles. The Hall–Kier alpha value is 0.310. The minimum Gasteiger partial charge on any atom is -0.264 e. The average Bonchev–Trinajstić information content (AvgIpc) is 2.01. The van der Waals surface area contributed by atoms with Gasteiger partial charge in [-0.2, -0.15) is 0 Å². The highest BCUT2D eigenvalue weighted by atomic mass is 32.2. The van der Waals surface area contributed by atoms with Crippen LogP contribution in [0, 0.1) is 5.41 Å². The molecule has 0 aliphatic heterocycles. The molecule has 0 atom stereocenters. The van der Waals surface area contributed by atoms with E-state index >= 15 is 0 Å². The molecule has 0 aromatic rings. The van der Waals surface area contributed by atoms with Crippen LogP contribution in [0.25, 0.3) is 0 Å². The van der Waals surface area contributed by atoms with Crippen molar-refractivity contribution >= 4 is 11.9 Å². The Morgan fingerprint density at radius 1 is 1.08 bits per heavy atom. The zero-order valence-electron chi connectivity index (χ0n) is 9.65. The van der Waals surface area contributed by atoms with E-state index in [1.54, 1.807) is 0 Å². The lowest BCUT2D eigenvalue weighted by atomic mass is 9.89. The molecule has 0 spiro atoms. The van der Waals surface area contributed by atoms with Gasteiger partial charge in [0.05, 0.1) is 0 Å². The van der Waals surface area contributed by atoms with Crippen molar-refractivity contribution in [3.63, 3.8) is 0 Å². The monoisotopic (exact) mass is 203 g/mol. The van der Waals surface area contributed by atoms with Crippen molar-refractivity contribution in [2.45, 2.75) is 53.4 Å². The fraction of sp³-hybridized carbons (Fsp3) is 1.00. The van der Waals surface area contributed by atoms with Crippen molar-refractivity contribution in [3.05, 3.63) is 0 Å². The van der Waals surface area contributed by atoms with Crippen LogP contribution in [0.2, 0.25) is 0 Å². The predicted octanol–water partition coefficient (Wildman–Crippen LogP) is 3.85. The normalized spacial score (nSPS) is 12.0. The van der Waals surface area contributed by atoms with E-state index in [0.29, 0.717) is 5.41 Å². The Balaban J connectivity index is 3.00. The van der Waals surface area contributed by atoms with Gasteiger partial charge in [0.2, 0.25) is 0 Å². The minimum atomic E-state index is 0.519. The molecular formula is C11H25NS. The average molecular weight is 203 g/mol. The topological polar surface area (TPSA) is 12.0 Å². The van der Waals surface area contributed by atoms with Crippen molar-refractivity contribution < 1.29 is 0 Å². The summed E-state index contributed by atoms with van der Waals surface area (Å²) in [6, 6.07) is 0. The van der Waals surface area contributed by atoms with Crippen molar-refractivity contribution in [1.82, 2.24) is 4.72 Å². The highest BCUT2D eigenvalue weighted by Crippen LogP contribution is 2.21. The molecule has 0 aliphatic rings. The summed E-state index contributed by atoms with van der Waals surface area (Å²) >= 11 is 1.82. The van der Waals surface area contributed by atoms with Crippen molar-refractivity contribution in [3.8, 4) is 0 Å². The first kappa shape index (κ1) is 13.3. The van der Waals surface area contributed by atoms with E-state index in [4.69, 9.17) is 0 Å². The molecule has 2 heteroatoms. The molecule has 1 N–H and O–H groups in total. The SMILES string of the molecule is CCSNCCCCCC(C)(C)C. The minimum absolute atomic E-state index is 0.519. The van der Waals surface area contributed by atoms with Gasteiger partial charge in [0, 0.05) is 12.3 Å². The lowest BCUT2D eigenvalue weighted by Crippen LogP contribution is -2.07. The van der Waals surface area contributed by atoms with Crippen LogP contribution >= 0.6 is 11.9 Å². The number of unbranched alkanes of at least 4 members (excludes halogenated alkanes) is 2. The van der Waals surface area contributed by atoms with E-state index in [1.165, 1.54) is 38.0 Å². The van der Waals surface area contributed by atoms with E-state index in [-0.39, 0.29) is 0 Å². The molecular weight excluding hydrogens is 178 g/mol. The van der Waals surface area contributed by atoms with Crippen LogP contribution in [-0.2, 0) is 0 Å². The van der Waals surface area contributed by atoms with Crippen LogP contribution in [0.1, 0.15) is 53.4 Å². The van der Waals surface area contributed by atoms with Gasteiger partial charge >= 0.3 is 0 Å². The largest absolute Gasteiger partial charge is 0.264 e. The van der Waals surface area contributed by atoms with Gasteiger partial charge in [0.25, 0.3) is 0 Å². The van der Waals surface area contributed by atoms with E-state index in [2.05, 4.69) is 32.4 Å². The number of nitrogens with one attached hydrogen (secondary N) is 1. The quantitative estimate of drug-likeness (QED) is 0.498. The molecule has 1 nitrogen and oxygen atoms in total. The van der Waals surface area contributed by atoms with Gasteiger partial charge in [0.1, 0.15) is 0 Å². The van der Waals surface area contributed by atoms with Crippen LogP contribution in [0.15, 0.2) is 0 Å². The van der Waals surface area contributed by atoms with E-state index in [9.17, 15) is 0 Å². The Kier molecular flexibility index (Phi) is 7.87. The Labute approximate surface area is 88.2 Å². The smallest absolute Gasteiger partial charge is 0.00585 e. The van der Waals surface area contributed by atoms with E-state index < -0.39 is 0 Å². The summed E-state index contributed by atoms with van der Waals surface area (Å²) in [4.78, 5) is 0. The highest BCUT2D eigenvalue weighted by molar-refractivity contribution is 7.97. The number of hydrogen-bond acceptors (Lipinski definition) is 2. The molecule has 80 valence electrons. The third-order valence-electron chi connectivity index (χ3n) is 1.95. The van der Waals surface area contributed by atoms with Crippen LogP contribution < -0.4 is 4.72 Å². The van der Waals surface area contributed by atoms with E-state index in [1.807, 2.05) is 11.9 Å². The lowest BCUT2D eigenvalue weighted by Gasteiger charge is -2.17. The summed E-state index contributed by atoms with van der Waals surface area (Å²) in [6.07, 6.45) is 5.42. The van der Waals surface area contributed by atoms with Crippen molar-refractivity contribution in [2.75, 3.05) is 12.3 Å². The molecule has 0 rings (SSSR count). The van der Waals surface area contributed by atoms with Crippen LogP contribution in [0.4, 0.5) is 0 Å². The Bertz CT molecular complexity index is 107. The first-order valence-electron chi connectivity index (χ1n) is 5.41. The summed E-state index contributed by atoms with van der Waals surface area (Å²) in [5.41, 5.74) is 0.519. The van der Waals surface area contributed by atoms with Gasteiger partial charge in [0.15, 0.2) is 0 Å². The molecule has 0 aromatic carbocycles. The molecule has 0 bridgehead atoms.